The number of thiazole rings is 1. The lowest BCUT2D eigenvalue weighted by Crippen LogP contribution is -2.33. The fraction of sp³-hybridized carbons (Fsp3) is 0.562. The minimum absolute atomic E-state index is 0.0597. The summed E-state index contributed by atoms with van der Waals surface area (Å²) in [5, 5.41) is 8.51. The Bertz CT molecular complexity index is 707. The Morgan fingerprint density at radius 3 is 2.96 bits per heavy atom. The lowest BCUT2D eigenvalue weighted by molar-refractivity contribution is -0.120. The molecule has 0 bridgehead atoms. The normalized spacial score (nSPS) is 14.5. The molecule has 0 unspecified atom stereocenters. The van der Waals surface area contributed by atoms with E-state index in [-0.39, 0.29) is 5.91 Å². The molecule has 24 heavy (non-hydrogen) atoms. The molecule has 2 aromatic heterocycles. The van der Waals surface area contributed by atoms with Crippen molar-refractivity contribution in [1.29, 1.82) is 0 Å². The van der Waals surface area contributed by atoms with Crippen molar-refractivity contribution < 1.29 is 4.79 Å². The first kappa shape index (κ1) is 16.9. The number of hydrogen-bond acceptors (Lipinski definition) is 6. The predicted molar refractivity (Wildman–Crippen MR) is 94.9 cm³/mol. The van der Waals surface area contributed by atoms with Crippen LogP contribution < -0.4 is 10.2 Å². The number of hydrogen-bond donors (Lipinski definition) is 1. The molecular formula is C16H24N6OS. The lowest BCUT2D eigenvalue weighted by Gasteiger charge is -2.26. The van der Waals surface area contributed by atoms with Crippen LogP contribution in [0.4, 0.5) is 5.13 Å². The van der Waals surface area contributed by atoms with Gasteiger partial charge in [-0.1, -0.05) is 6.92 Å². The van der Waals surface area contributed by atoms with Gasteiger partial charge in [0.15, 0.2) is 5.13 Å². The summed E-state index contributed by atoms with van der Waals surface area (Å²) < 4.78 is 2.06. The van der Waals surface area contributed by atoms with Crippen LogP contribution in [0, 0.1) is 0 Å². The van der Waals surface area contributed by atoms with E-state index in [4.69, 9.17) is 0 Å². The molecule has 0 saturated carbocycles. The highest BCUT2D eigenvalue weighted by Gasteiger charge is 2.19. The number of anilines is 1. The van der Waals surface area contributed by atoms with Crippen molar-refractivity contribution in [3.8, 4) is 0 Å². The van der Waals surface area contributed by atoms with Gasteiger partial charge in [0.1, 0.15) is 0 Å². The largest absolute Gasteiger partial charge is 0.354 e. The second-order valence-corrected chi connectivity index (χ2v) is 7.29. The van der Waals surface area contributed by atoms with Gasteiger partial charge >= 0.3 is 0 Å². The number of rotatable bonds is 6. The first-order valence-corrected chi connectivity index (χ1v) is 9.03. The number of fused-ring (bicyclic) bond motifs is 1. The van der Waals surface area contributed by atoms with Gasteiger partial charge in [0.25, 0.3) is 0 Å². The molecule has 0 aromatic carbocycles. The molecule has 2 aromatic rings. The number of carbonyl (C=O) groups is 1. The van der Waals surface area contributed by atoms with Crippen molar-refractivity contribution in [2.75, 3.05) is 25.5 Å². The Balaban J connectivity index is 1.59. The van der Waals surface area contributed by atoms with Crippen molar-refractivity contribution in [1.82, 2.24) is 25.0 Å². The smallest absolute Gasteiger partial charge is 0.220 e. The second kappa shape index (κ2) is 7.31. The van der Waals surface area contributed by atoms with Crippen LogP contribution in [0.15, 0.2) is 12.3 Å². The molecule has 0 spiro atoms. The fourth-order valence-electron chi connectivity index (χ4n) is 2.71. The second-order valence-electron chi connectivity index (χ2n) is 6.19. The lowest BCUT2D eigenvalue weighted by atomic mass is 10.2. The third-order valence-corrected chi connectivity index (χ3v) is 5.17. The van der Waals surface area contributed by atoms with Crippen molar-refractivity contribution >= 4 is 22.4 Å². The van der Waals surface area contributed by atoms with Gasteiger partial charge in [-0.25, -0.2) is 4.98 Å². The Morgan fingerprint density at radius 2 is 2.25 bits per heavy atom. The number of carbonyl (C=O) groups excluding carboxylic acids is 1. The summed E-state index contributed by atoms with van der Waals surface area (Å²) in [4.78, 5) is 21.5. The Kier molecular flexibility index (Phi) is 5.15. The zero-order chi connectivity index (χ0) is 17.1. The highest BCUT2D eigenvalue weighted by Crippen LogP contribution is 2.23. The number of nitrogens with zero attached hydrogens (tertiary/aromatic N) is 5. The fourth-order valence-corrected chi connectivity index (χ4v) is 3.59. The maximum atomic E-state index is 11.4. The van der Waals surface area contributed by atoms with Crippen molar-refractivity contribution in [2.24, 2.45) is 0 Å². The van der Waals surface area contributed by atoms with E-state index in [2.05, 4.69) is 31.0 Å². The third-order valence-electron chi connectivity index (χ3n) is 4.02. The van der Waals surface area contributed by atoms with Gasteiger partial charge in [-0.15, -0.1) is 11.3 Å². The SMILES string of the molecule is CCC(=O)NCc1cc2n(n1)CCN(Cc1cnc(N(C)C)s1)C2. The van der Waals surface area contributed by atoms with E-state index in [0.29, 0.717) is 13.0 Å². The zero-order valence-corrected chi connectivity index (χ0v) is 15.3. The molecule has 3 rings (SSSR count). The maximum Gasteiger partial charge on any atom is 0.220 e. The van der Waals surface area contributed by atoms with Gasteiger partial charge in [0.2, 0.25) is 5.91 Å². The van der Waals surface area contributed by atoms with Crippen LogP contribution in [0.3, 0.4) is 0 Å². The highest BCUT2D eigenvalue weighted by molar-refractivity contribution is 7.15. The summed E-state index contributed by atoms with van der Waals surface area (Å²) >= 11 is 1.74. The minimum atomic E-state index is 0.0597. The number of nitrogens with one attached hydrogen (secondary N) is 1. The Hall–Kier alpha value is -1.93. The van der Waals surface area contributed by atoms with E-state index in [1.165, 1.54) is 10.6 Å². The quantitative estimate of drug-likeness (QED) is 0.856. The molecule has 1 aliphatic heterocycles. The van der Waals surface area contributed by atoms with Crippen molar-refractivity contribution in [2.45, 2.75) is 39.5 Å². The van der Waals surface area contributed by atoms with Crippen LogP contribution in [0.2, 0.25) is 0 Å². The summed E-state index contributed by atoms with van der Waals surface area (Å²) in [6.45, 7) is 6.02. The van der Waals surface area contributed by atoms with Crippen LogP contribution in [0.5, 0.6) is 0 Å². The monoisotopic (exact) mass is 348 g/mol. The summed E-state index contributed by atoms with van der Waals surface area (Å²) in [5.41, 5.74) is 2.14. The molecule has 0 aliphatic carbocycles. The maximum absolute atomic E-state index is 11.4. The summed E-state index contributed by atoms with van der Waals surface area (Å²) in [6.07, 6.45) is 2.47. The number of amides is 1. The molecule has 1 aliphatic rings. The average Bonchev–Trinajstić information content (AvgIpc) is 3.18. The van der Waals surface area contributed by atoms with Crippen LogP contribution in [0.25, 0.3) is 0 Å². The van der Waals surface area contributed by atoms with E-state index in [1.54, 1.807) is 11.3 Å². The van der Waals surface area contributed by atoms with Crippen molar-refractivity contribution in [3.05, 3.63) is 28.5 Å². The first-order valence-electron chi connectivity index (χ1n) is 8.22. The van der Waals surface area contributed by atoms with Crippen LogP contribution in [-0.2, 0) is 31.0 Å². The van der Waals surface area contributed by atoms with E-state index in [9.17, 15) is 4.79 Å². The standard InChI is InChI=1S/C16H24N6OS/c1-4-15(23)17-8-12-7-13-10-21(5-6-22(13)19-12)11-14-9-18-16(24-14)20(2)3/h7,9H,4-6,8,10-11H2,1-3H3,(H,17,23). The van der Waals surface area contributed by atoms with E-state index in [1.807, 2.05) is 32.1 Å². The molecule has 3 heterocycles. The van der Waals surface area contributed by atoms with Crippen LogP contribution in [-0.4, -0.2) is 46.2 Å². The third kappa shape index (κ3) is 3.93. The molecule has 8 heteroatoms. The molecule has 0 atom stereocenters. The summed E-state index contributed by atoms with van der Waals surface area (Å²) in [6, 6.07) is 2.10. The molecule has 130 valence electrons. The Labute approximate surface area is 146 Å². The van der Waals surface area contributed by atoms with E-state index in [0.717, 1.165) is 37.0 Å². The van der Waals surface area contributed by atoms with Gasteiger partial charge in [-0.2, -0.15) is 5.10 Å². The molecule has 1 amide bonds. The summed E-state index contributed by atoms with van der Waals surface area (Å²) in [7, 11) is 4.03. The predicted octanol–water partition coefficient (Wildman–Crippen LogP) is 1.45. The van der Waals surface area contributed by atoms with E-state index < -0.39 is 0 Å². The van der Waals surface area contributed by atoms with Crippen LogP contribution in [0.1, 0.15) is 29.6 Å². The van der Waals surface area contributed by atoms with Gasteiger partial charge in [0, 0.05) is 51.2 Å². The first-order chi connectivity index (χ1) is 11.5. The number of aromatic nitrogens is 3. The average molecular weight is 348 g/mol. The molecule has 0 fully saturated rings. The molecular weight excluding hydrogens is 324 g/mol. The molecule has 7 nitrogen and oxygen atoms in total. The summed E-state index contributed by atoms with van der Waals surface area (Å²) in [5.74, 6) is 0.0597. The van der Waals surface area contributed by atoms with Gasteiger partial charge in [-0.05, 0) is 6.07 Å². The highest BCUT2D eigenvalue weighted by atomic mass is 32.1. The van der Waals surface area contributed by atoms with Crippen molar-refractivity contribution in [3.63, 3.8) is 0 Å². The zero-order valence-electron chi connectivity index (χ0n) is 14.4. The molecule has 0 radical (unpaired) electrons. The van der Waals surface area contributed by atoms with E-state index >= 15 is 0 Å². The Morgan fingerprint density at radius 1 is 1.42 bits per heavy atom. The minimum Gasteiger partial charge on any atom is -0.354 e. The van der Waals surface area contributed by atoms with Gasteiger partial charge < -0.3 is 10.2 Å². The topological polar surface area (TPSA) is 66.3 Å². The van der Waals surface area contributed by atoms with Crippen LogP contribution >= 0.6 is 11.3 Å². The molecule has 0 saturated heterocycles. The molecule has 1 N–H and O–H groups in total. The van der Waals surface area contributed by atoms with Gasteiger partial charge in [-0.3, -0.25) is 14.4 Å². The van der Waals surface area contributed by atoms with Gasteiger partial charge in [0.05, 0.1) is 24.5 Å².